The van der Waals surface area contributed by atoms with Crippen LogP contribution in [-0.2, 0) is 38.8 Å². The number of benzene rings is 3. The molecule has 38 heavy (non-hydrogen) atoms. The molecule has 3 aromatic carbocycles. The Morgan fingerprint density at radius 2 is 1.39 bits per heavy atom. The Kier molecular flexibility index (Phi) is 9.91. The van der Waals surface area contributed by atoms with Gasteiger partial charge >= 0.3 is 11.9 Å². The van der Waals surface area contributed by atoms with Crippen LogP contribution in [0, 0.1) is 0 Å². The van der Waals surface area contributed by atoms with Gasteiger partial charge < -0.3 is 24.3 Å². The SMILES string of the molecule is CC(C)(C)OC(=O)CNCc1ccc(OCc2ccccc2)cc1OC(C)(C)C(=O)OCc1ccccc1. The minimum atomic E-state index is -1.27. The van der Waals surface area contributed by atoms with Crippen molar-refractivity contribution in [1.82, 2.24) is 5.32 Å². The number of carbonyl (C=O) groups excluding carboxylic acids is 2. The van der Waals surface area contributed by atoms with E-state index in [9.17, 15) is 9.59 Å². The predicted octanol–water partition coefficient (Wildman–Crippen LogP) is 5.60. The zero-order valence-corrected chi connectivity index (χ0v) is 22.8. The van der Waals surface area contributed by atoms with Crippen molar-refractivity contribution in [1.29, 1.82) is 0 Å². The lowest BCUT2D eigenvalue weighted by Crippen LogP contribution is -2.40. The highest BCUT2D eigenvalue weighted by Gasteiger charge is 2.33. The Morgan fingerprint density at radius 1 is 0.789 bits per heavy atom. The number of ether oxygens (including phenoxy) is 4. The van der Waals surface area contributed by atoms with E-state index in [4.69, 9.17) is 18.9 Å². The maximum absolute atomic E-state index is 12.9. The molecule has 7 nitrogen and oxygen atoms in total. The molecule has 3 rings (SSSR count). The summed E-state index contributed by atoms with van der Waals surface area (Å²) in [5.74, 6) is 0.194. The normalized spacial score (nSPS) is 11.5. The van der Waals surface area contributed by atoms with Crippen molar-refractivity contribution in [3.05, 3.63) is 95.6 Å². The molecular formula is C31H37NO6. The van der Waals surface area contributed by atoms with Crippen LogP contribution in [0.15, 0.2) is 78.9 Å². The molecule has 0 saturated heterocycles. The van der Waals surface area contributed by atoms with Crippen molar-refractivity contribution in [3.8, 4) is 11.5 Å². The quantitative estimate of drug-likeness (QED) is 0.312. The Balaban J connectivity index is 1.71. The molecular weight excluding hydrogens is 482 g/mol. The van der Waals surface area contributed by atoms with E-state index in [0.29, 0.717) is 24.7 Å². The molecule has 0 atom stereocenters. The van der Waals surface area contributed by atoms with Crippen LogP contribution in [0.1, 0.15) is 51.3 Å². The van der Waals surface area contributed by atoms with Gasteiger partial charge in [-0.1, -0.05) is 66.7 Å². The lowest BCUT2D eigenvalue weighted by Gasteiger charge is -2.26. The highest BCUT2D eigenvalue weighted by Crippen LogP contribution is 2.29. The fourth-order valence-corrected chi connectivity index (χ4v) is 3.50. The van der Waals surface area contributed by atoms with Crippen molar-refractivity contribution in [3.63, 3.8) is 0 Å². The number of esters is 2. The van der Waals surface area contributed by atoms with E-state index < -0.39 is 17.2 Å². The van der Waals surface area contributed by atoms with E-state index in [1.54, 1.807) is 19.9 Å². The van der Waals surface area contributed by atoms with E-state index in [1.165, 1.54) is 0 Å². The maximum atomic E-state index is 12.9. The summed E-state index contributed by atoms with van der Waals surface area (Å²) >= 11 is 0. The first-order chi connectivity index (χ1) is 18.0. The molecule has 0 radical (unpaired) electrons. The van der Waals surface area contributed by atoms with Crippen molar-refractivity contribution >= 4 is 11.9 Å². The molecule has 0 aliphatic rings. The monoisotopic (exact) mass is 519 g/mol. The summed E-state index contributed by atoms with van der Waals surface area (Å²) in [6.45, 7) is 9.69. The Hall–Kier alpha value is -3.84. The van der Waals surface area contributed by atoms with Crippen molar-refractivity contribution in [2.45, 2.75) is 65.6 Å². The molecule has 0 aliphatic carbocycles. The molecule has 0 amide bonds. The van der Waals surface area contributed by atoms with Gasteiger partial charge in [-0.3, -0.25) is 4.79 Å². The Labute approximate surface area is 225 Å². The summed E-state index contributed by atoms with van der Waals surface area (Å²) < 4.78 is 23.1. The summed E-state index contributed by atoms with van der Waals surface area (Å²) in [6.07, 6.45) is 0. The van der Waals surface area contributed by atoms with Crippen LogP contribution in [0.5, 0.6) is 11.5 Å². The van der Waals surface area contributed by atoms with Crippen molar-refractivity contribution < 1.29 is 28.5 Å². The minimum absolute atomic E-state index is 0.0332. The number of hydrogen-bond acceptors (Lipinski definition) is 7. The van der Waals surface area contributed by atoms with E-state index >= 15 is 0 Å². The van der Waals surface area contributed by atoms with Gasteiger partial charge in [0.05, 0.1) is 6.54 Å². The van der Waals surface area contributed by atoms with Crippen LogP contribution in [0.25, 0.3) is 0 Å². The fourth-order valence-electron chi connectivity index (χ4n) is 3.50. The van der Waals surface area contributed by atoms with Gasteiger partial charge in [-0.25, -0.2) is 4.79 Å². The molecule has 0 spiro atoms. The number of carbonyl (C=O) groups is 2. The standard InChI is InChI=1S/C31H37NO6/c1-30(2,3)38-28(33)20-32-19-25-16-17-26(35-21-23-12-8-6-9-13-23)18-27(25)37-31(4,5)29(34)36-22-24-14-10-7-11-15-24/h6-18,32H,19-22H2,1-5H3. The highest BCUT2D eigenvalue weighted by molar-refractivity contribution is 5.79. The van der Waals surface area contributed by atoms with Gasteiger partial charge in [0.25, 0.3) is 0 Å². The predicted molar refractivity (Wildman–Crippen MR) is 146 cm³/mol. The van der Waals surface area contributed by atoms with Gasteiger partial charge in [0, 0.05) is 18.2 Å². The summed E-state index contributed by atoms with van der Waals surface area (Å²) in [7, 11) is 0. The fraction of sp³-hybridized carbons (Fsp3) is 0.355. The van der Waals surface area contributed by atoms with Gasteiger partial charge in [-0.15, -0.1) is 0 Å². The molecule has 7 heteroatoms. The molecule has 3 aromatic rings. The number of rotatable bonds is 12. The van der Waals surface area contributed by atoms with E-state index in [1.807, 2.05) is 93.6 Å². The van der Waals surface area contributed by atoms with Crippen molar-refractivity contribution in [2.24, 2.45) is 0 Å². The van der Waals surface area contributed by atoms with Crippen LogP contribution >= 0.6 is 0 Å². The van der Waals surface area contributed by atoms with E-state index in [2.05, 4.69) is 5.32 Å². The average molecular weight is 520 g/mol. The molecule has 1 N–H and O–H groups in total. The second-order valence-electron chi connectivity index (χ2n) is 10.4. The largest absolute Gasteiger partial charge is 0.489 e. The summed E-state index contributed by atoms with van der Waals surface area (Å²) in [5, 5.41) is 3.09. The smallest absolute Gasteiger partial charge is 0.350 e. The van der Waals surface area contributed by atoms with Gasteiger partial charge in [-0.2, -0.15) is 0 Å². The lowest BCUT2D eigenvalue weighted by molar-refractivity contribution is -0.160. The highest BCUT2D eigenvalue weighted by atomic mass is 16.6. The van der Waals surface area contributed by atoms with Crippen molar-refractivity contribution in [2.75, 3.05) is 6.54 Å². The number of nitrogens with one attached hydrogen (secondary N) is 1. The van der Waals surface area contributed by atoms with Gasteiger partial charge in [0.15, 0.2) is 5.60 Å². The molecule has 0 aliphatic heterocycles. The first-order valence-electron chi connectivity index (χ1n) is 12.6. The zero-order chi connectivity index (χ0) is 27.6. The zero-order valence-electron chi connectivity index (χ0n) is 22.8. The molecule has 0 bridgehead atoms. The van der Waals surface area contributed by atoms with Gasteiger partial charge in [0.2, 0.25) is 0 Å². The van der Waals surface area contributed by atoms with Crippen LogP contribution in [-0.4, -0.2) is 29.7 Å². The maximum Gasteiger partial charge on any atom is 0.350 e. The summed E-state index contributed by atoms with van der Waals surface area (Å²) in [5.41, 5.74) is 0.842. The first-order valence-corrected chi connectivity index (χ1v) is 12.6. The van der Waals surface area contributed by atoms with E-state index in [0.717, 1.165) is 16.7 Å². The third-order valence-corrected chi connectivity index (χ3v) is 5.36. The molecule has 0 saturated carbocycles. The average Bonchev–Trinajstić information content (AvgIpc) is 2.87. The molecule has 0 aromatic heterocycles. The third kappa shape index (κ3) is 9.56. The van der Waals surface area contributed by atoms with Crippen LogP contribution in [0.3, 0.4) is 0 Å². The Morgan fingerprint density at radius 3 is 2.00 bits per heavy atom. The Bertz CT molecular complexity index is 1190. The minimum Gasteiger partial charge on any atom is -0.489 e. The molecule has 0 unspecified atom stereocenters. The molecule has 0 fully saturated rings. The topological polar surface area (TPSA) is 83.1 Å². The second kappa shape index (κ2) is 13.1. The lowest BCUT2D eigenvalue weighted by atomic mass is 10.1. The second-order valence-corrected chi connectivity index (χ2v) is 10.4. The summed E-state index contributed by atoms with van der Waals surface area (Å²) in [6, 6.07) is 24.7. The summed E-state index contributed by atoms with van der Waals surface area (Å²) in [4.78, 5) is 25.0. The third-order valence-electron chi connectivity index (χ3n) is 5.36. The van der Waals surface area contributed by atoms with E-state index in [-0.39, 0.29) is 19.1 Å². The van der Waals surface area contributed by atoms with Crippen LogP contribution in [0.2, 0.25) is 0 Å². The van der Waals surface area contributed by atoms with Crippen LogP contribution < -0.4 is 14.8 Å². The van der Waals surface area contributed by atoms with Gasteiger partial charge in [0.1, 0.15) is 30.3 Å². The van der Waals surface area contributed by atoms with Crippen LogP contribution in [0.4, 0.5) is 0 Å². The molecule has 0 heterocycles. The molecule has 202 valence electrons. The number of hydrogen-bond donors (Lipinski definition) is 1. The first kappa shape index (κ1) is 28.7. The van der Waals surface area contributed by atoms with Gasteiger partial charge in [-0.05, 0) is 51.8 Å².